The van der Waals surface area contributed by atoms with Gasteiger partial charge in [-0.3, -0.25) is 20.3 Å². The maximum Gasteiger partial charge on any atom is 0.270 e. The molecule has 1 aromatic heterocycles. The highest BCUT2D eigenvalue weighted by molar-refractivity contribution is 7.93. The summed E-state index contributed by atoms with van der Waals surface area (Å²) in [5, 5.41) is 15.4. The van der Waals surface area contributed by atoms with Crippen molar-refractivity contribution in [3.63, 3.8) is 0 Å². The van der Waals surface area contributed by atoms with Crippen molar-refractivity contribution in [3.8, 4) is 0 Å². The van der Waals surface area contributed by atoms with Gasteiger partial charge < -0.3 is 4.98 Å². The van der Waals surface area contributed by atoms with Crippen LogP contribution in [0.3, 0.4) is 0 Å². The Kier molecular flexibility index (Phi) is 6.09. The van der Waals surface area contributed by atoms with Crippen molar-refractivity contribution < 1.29 is 13.3 Å². The van der Waals surface area contributed by atoms with Crippen molar-refractivity contribution >= 4 is 44.9 Å². The molecule has 0 aliphatic carbocycles. The Balaban J connectivity index is 1.97. The molecule has 0 unspecified atom stereocenters. The number of hydrogen-bond acceptors (Lipinski definition) is 6. The molecule has 0 spiro atoms. The van der Waals surface area contributed by atoms with E-state index in [9.17, 15) is 18.5 Å². The monoisotopic (exact) mass is 447 g/mol. The Morgan fingerprint density at radius 3 is 2.50 bits per heavy atom. The number of hydrazone groups is 1. The van der Waals surface area contributed by atoms with E-state index in [2.05, 4.69) is 20.2 Å². The number of nitro benzene ring substituents is 1. The molecular weight excluding hydrogens is 430 g/mol. The molecule has 0 aliphatic heterocycles. The maximum absolute atomic E-state index is 13.0. The van der Waals surface area contributed by atoms with Crippen LogP contribution in [0, 0.1) is 24.0 Å². The molecule has 0 atom stereocenters. The van der Waals surface area contributed by atoms with Gasteiger partial charge in [0.1, 0.15) is 4.90 Å². The molecule has 9 nitrogen and oxygen atoms in total. The summed E-state index contributed by atoms with van der Waals surface area (Å²) < 4.78 is 28.3. The van der Waals surface area contributed by atoms with Crippen LogP contribution >= 0.6 is 11.6 Å². The number of aryl methyl sites for hydroxylation is 2. The standard InChI is InChI=1S/C19H18ClN5O4S/c1-12-9-14(13(2)22-12)11-21-23-18-8-7-15(25(26)27)10-19(18)30(28,29)24-17-6-4-3-5-16(17)20/h3-11,22-24H,1-2H3/b21-11+. The molecule has 3 rings (SSSR count). The number of anilines is 2. The summed E-state index contributed by atoms with van der Waals surface area (Å²) in [6.07, 6.45) is 1.53. The number of nitro groups is 1. The van der Waals surface area contributed by atoms with Crippen LogP contribution in [-0.2, 0) is 10.0 Å². The molecule has 0 fully saturated rings. The first-order valence-corrected chi connectivity index (χ1v) is 10.5. The molecule has 156 valence electrons. The minimum absolute atomic E-state index is 0.0707. The van der Waals surface area contributed by atoms with Gasteiger partial charge in [0.25, 0.3) is 15.7 Å². The van der Waals surface area contributed by atoms with Gasteiger partial charge in [-0.1, -0.05) is 23.7 Å². The molecule has 30 heavy (non-hydrogen) atoms. The van der Waals surface area contributed by atoms with Crippen molar-refractivity contribution in [2.45, 2.75) is 18.7 Å². The van der Waals surface area contributed by atoms with Gasteiger partial charge in [-0.25, -0.2) is 8.42 Å². The van der Waals surface area contributed by atoms with Gasteiger partial charge in [0.15, 0.2) is 0 Å². The highest BCUT2D eigenvalue weighted by atomic mass is 35.5. The van der Waals surface area contributed by atoms with Gasteiger partial charge >= 0.3 is 0 Å². The zero-order chi connectivity index (χ0) is 21.9. The minimum atomic E-state index is -4.20. The first kappa shape index (κ1) is 21.3. The predicted octanol–water partition coefficient (Wildman–Crippen LogP) is 4.44. The molecule has 0 amide bonds. The number of nitrogens with one attached hydrogen (secondary N) is 3. The van der Waals surface area contributed by atoms with Gasteiger partial charge in [-0.15, -0.1) is 0 Å². The summed E-state index contributed by atoms with van der Waals surface area (Å²) in [6.45, 7) is 3.78. The number of benzene rings is 2. The number of halogens is 1. The van der Waals surface area contributed by atoms with Crippen LogP contribution in [-0.4, -0.2) is 24.5 Å². The normalized spacial score (nSPS) is 11.6. The van der Waals surface area contributed by atoms with Gasteiger partial charge in [-0.2, -0.15) is 5.10 Å². The number of rotatable bonds is 7. The number of nitrogens with zero attached hydrogens (tertiary/aromatic N) is 2. The first-order chi connectivity index (χ1) is 14.2. The quantitative estimate of drug-likeness (QED) is 0.280. The highest BCUT2D eigenvalue weighted by Gasteiger charge is 2.23. The van der Waals surface area contributed by atoms with Gasteiger partial charge in [0.2, 0.25) is 0 Å². The number of hydrogen-bond donors (Lipinski definition) is 3. The second-order valence-electron chi connectivity index (χ2n) is 6.43. The first-order valence-electron chi connectivity index (χ1n) is 8.68. The molecular formula is C19H18ClN5O4S. The predicted molar refractivity (Wildman–Crippen MR) is 117 cm³/mol. The van der Waals surface area contributed by atoms with Crippen LogP contribution in [0.15, 0.2) is 58.5 Å². The molecule has 2 aromatic carbocycles. The molecule has 0 aliphatic rings. The second-order valence-corrected chi connectivity index (χ2v) is 8.48. The van der Waals surface area contributed by atoms with Gasteiger partial charge in [-0.05, 0) is 38.1 Å². The van der Waals surface area contributed by atoms with Crippen molar-refractivity contribution in [1.82, 2.24) is 4.98 Å². The number of aromatic amines is 1. The van der Waals surface area contributed by atoms with Crippen LogP contribution in [0.2, 0.25) is 5.02 Å². The summed E-state index contributed by atoms with van der Waals surface area (Å²) >= 11 is 6.03. The minimum Gasteiger partial charge on any atom is -0.362 e. The lowest BCUT2D eigenvalue weighted by Gasteiger charge is -2.12. The van der Waals surface area contributed by atoms with Gasteiger partial charge in [0.05, 0.1) is 27.5 Å². The number of para-hydroxylation sites is 1. The summed E-state index contributed by atoms with van der Waals surface area (Å²) in [7, 11) is -4.20. The van der Waals surface area contributed by atoms with E-state index in [-0.39, 0.29) is 27.0 Å². The largest absolute Gasteiger partial charge is 0.362 e. The average Bonchev–Trinajstić information content (AvgIpc) is 3.00. The third kappa shape index (κ3) is 4.78. The molecule has 0 radical (unpaired) electrons. The number of sulfonamides is 1. The van der Waals surface area contributed by atoms with Crippen molar-refractivity contribution in [2.75, 3.05) is 10.1 Å². The summed E-state index contributed by atoms with van der Waals surface area (Å²) in [6, 6.07) is 11.6. The zero-order valence-electron chi connectivity index (χ0n) is 16.0. The van der Waals surface area contributed by atoms with E-state index in [4.69, 9.17) is 11.6 Å². The summed E-state index contributed by atoms with van der Waals surface area (Å²) in [4.78, 5) is 13.3. The van der Waals surface area contributed by atoms with Crippen molar-refractivity contribution in [3.05, 3.63) is 80.6 Å². The van der Waals surface area contributed by atoms with Gasteiger partial charge in [0, 0.05) is 29.1 Å². The smallest absolute Gasteiger partial charge is 0.270 e. The van der Waals surface area contributed by atoms with Crippen LogP contribution in [0.4, 0.5) is 17.1 Å². The third-order valence-corrected chi connectivity index (χ3v) is 5.90. The Bertz CT molecular complexity index is 1240. The van der Waals surface area contributed by atoms with E-state index in [1.54, 1.807) is 12.1 Å². The van der Waals surface area contributed by atoms with Crippen LogP contribution in [0.1, 0.15) is 17.0 Å². The van der Waals surface area contributed by atoms with Crippen molar-refractivity contribution in [2.24, 2.45) is 5.10 Å². The molecule has 0 saturated heterocycles. The van der Waals surface area contributed by atoms with Crippen LogP contribution in [0.5, 0.6) is 0 Å². The second kappa shape index (κ2) is 8.56. The van der Waals surface area contributed by atoms with E-state index in [1.165, 1.54) is 30.5 Å². The van der Waals surface area contributed by atoms with E-state index < -0.39 is 14.9 Å². The fraction of sp³-hybridized carbons (Fsp3) is 0.105. The molecule has 0 saturated carbocycles. The molecule has 11 heteroatoms. The molecule has 3 N–H and O–H groups in total. The van der Waals surface area contributed by atoms with E-state index in [0.717, 1.165) is 23.0 Å². The van der Waals surface area contributed by atoms with E-state index >= 15 is 0 Å². The maximum atomic E-state index is 13.0. The lowest BCUT2D eigenvalue weighted by atomic mass is 10.3. The number of aromatic nitrogens is 1. The third-order valence-electron chi connectivity index (χ3n) is 4.16. The SMILES string of the molecule is Cc1cc(/C=N/Nc2ccc([N+](=O)[O-])cc2S(=O)(=O)Nc2ccccc2Cl)c(C)[nH]1. The van der Waals surface area contributed by atoms with Crippen LogP contribution < -0.4 is 10.1 Å². The summed E-state index contributed by atoms with van der Waals surface area (Å²) in [5.74, 6) is 0. The number of non-ortho nitro benzene ring substituents is 1. The van der Waals surface area contributed by atoms with E-state index in [0.29, 0.717) is 0 Å². The summed E-state index contributed by atoms with van der Waals surface area (Å²) in [5.41, 5.74) is 5.17. The molecule has 1 heterocycles. The molecule has 3 aromatic rings. The molecule has 0 bridgehead atoms. The Labute approximate surface area is 178 Å². The lowest BCUT2D eigenvalue weighted by Crippen LogP contribution is -2.15. The highest BCUT2D eigenvalue weighted by Crippen LogP contribution is 2.30. The van der Waals surface area contributed by atoms with E-state index in [1.807, 2.05) is 19.9 Å². The zero-order valence-corrected chi connectivity index (χ0v) is 17.6. The Hall–Kier alpha value is -3.37. The Morgan fingerprint density at radius 2 is 1.87 bits per heavy atom. The van der Waals surface area contributed by atoms with Crippen molar-refractivity contribution in [1.29, 1.82) is 0 Å². The topological polar surface area (TPSA) is 129 Å². The lowest BCUT2D eigenvalue weighted by molar-refractivity contribution is -0.385. The average molecular weight is 448 g/mol. The Morgan fingerprint density at radius 1 is 1.13 bits per heavy atom. The fourth-order valence-electron chi connectivity index (χ4n) is 2.73. The van der Waals surface area contributed by atoms with Crippen LogP contribution in [0.25, 0.3) is 0 Å². The fourth-order valence-corrected chi connectivity index (χ4v) is 4.23. The number of H-pyrrole nitrogens is 1.